The van der Waals surface area contributed by atoms with Gasteiger partial charge >= 0.3 is 0 Å². The van der Waals surface area contributed by atoms with E-state index >= 15 is 0 Å². The predicted molar refractivity (Wildman–Crippen MR) is 124 cm³/mol. The van der Waals surface area contributed by atoms with Crippen molar-refractivity contribution in [1.29, 1.82) is 5.41 Å². The average molecular weight is 398 g/mol. The molecule has 4 nitrogen and oxygen atoms in total. The largest absolute Gasteiger partial charge is 0.394 e. The molecule has 0 saturated heterocycles. The lowest BCUT2D eigenvalue weighted by molar-refractivity contribution is 0.101. The first kappa shape index (κ1) is 21.3. The fraction of sp³-hybridized carbons (Fsp3) is 0.269. The third-order valence-electron chi connectivity index (χ3n) is 5.37. The van der Waals surface area contributed by atoms with E-state index in [0.29, 0.717) is 11.5 Å². The Hall–Kier alpha value is -3.45. The minimum absolute atomic E-state index is 0.0444. The Labute approximate surface area is 178 Å². The number of benzene rings is 2. The summed E-state index contributed by atoms with van der Waals surface area (Å²) in [6.45, 7) is 3.57. The number of fused-ring (bicyclic) bond motifs is 1. The highest BCUT2D eigenvalue weighted by Crippen LogP contribution is 2.36. The van der Waals surface area contributed by atoms with E-state index in [0.717, 1.165) is 47.2 Å². The molecule has 0 radical (unpaired) electrons. The van der Waals surface area contributed by atoms with E-state index in [4.69, 9.17) is 5.41 Å². The first-order valence-electron chi connectivity index (χ1n) is 10.2. The number of nitrogens with zero attached hydrogens (tertiary/aromatic N) is 1. The second-order valence-electron chi connectivity index (χ2n) is 7.54. The van der Waals surface area contributed by atoms with Gasteiger partial charge in [0.05, 0.1) is 5.69 Å². The smallest absolute Gasteiger partial charge is 0.159 e. The fourth-order valence-corrected chi connectivity index (χ4v) is 3.58. The van der Waals surface area contributed by atoms with E-state index in [-0.39, 0.29) is 5.78 Å². The Morgan fingerprint density at radius 2 is 2.10 bits per heavy atom. The van der Waals surface area contributed by atoms with Gasteiger partial charge in [-0.1, -0.05) is 30.0 Å². The molecule has 0 spiro atoms. The number of aliphatic imine (C=N–C) groups is 1. The van der Waals surface area contributed by atoms with Gasteiger partial charge in [0.25, 0.3) is 0 Å². The number of Topliss-reactive ketones (excluding diaryl/α,β-unsaturated/α-hetero) is 1. The predicted octanol–water partition coefficient (Wildman–Crippen LogP) is 5.32. The molecule has 2 aromatic carbocycles. The lowest BCUT2D eigenvalue weighted by Crippen LogP contribution is -2.06. The van der Waals surface area contributed by atoms with Crippen LogP contribution in [0.4, 0.5) is 5.69 Å². The van der Waals surface area contributed by atoms with Gasteiger partial charge in [0.2, 0.25) is 0 Å². The maximum absolute atomic E-state index is 11.6. The van der Waals surface area contributed by atoms with Gasteiger partial charge in [-0.3, -0.25) is 9.79 Å². The number of carbonyl (C=O) groups is 1. The lowest BCUT2D eigenvalue weighted by Gasteiger charge is -2.21. The molecule has 2 N–H and O–H groups in total. The molecular weight excluding hydrogens is 370 g/mol. The van der Waals surface area contributed by atoms with Gasteiger partial charge in [-0.25, -0.2) is 0 Å². The zero-order valence-corrected chi connectivity index (χ0v) is 17.8. The molecule has 2 aromatic rings. The number of ketones is 1. The fourth-order valence-electron chi connectivity index (χ4n) is 3.58. The van der Waals surface area contributed by atoms with Crippen LogP contribution in [0.25, 0.3) is 0 Å². The highest BCUT2D eigenvalue weighted by molar-refractivity contribution is 5.94. The summed E-state index contributed by atoms with van der Waals surface area (Å²) in [7, 11) is 1.85. The molecule has 1 atom stereocenters. The highest BCUT2D eigenvalue weighted by atomic mass is 16.1. The third kappa shape index (κ3) is 5.12. The molecule has 1 aliphatic rings. The standard InChI is InChI=1S/C26H27N3O/c1-18-4-8-24(19(2)30)15-23(18)10-5-20-7-11-25-22(12-13-29-26(25)14-20)9-6-21(16-27)17-28-3/h4,7-8,11,13-17,22,27-28H,6,9,12H2,1-3H3/b21-17-,27-16?. The van der Waals surface area contributed by atoms with Crippen LogP contribution in [0.1, 0.15) is 64.7 Å². The average Bonchev–Trinajstić information content (AvgIpc) is 2.75. The Balaban J connectivity index is 1.81. The van der Waals surface area contributed by atoms with Crippen LogP contribution in [-0.2, 0) is 0 Å². The Bertz CT molecular complexity index is 1080. The zero-order valence-electron chi connectivity index (χ0n) is 17.8. The molecule has 3 rings (SSSR count). The van der Waals surface area contributed by atoms with Gasteiger partial charge in [-0.05, 0) is 73.9 Å². The van der Waals surface area contributed by atoms with Crippen molar-refractivity contribution < 1.29 is 4.79 Å². The molecule has 0 saturated carbocycles. The van der Waals surface area contributed by atoms with Crippen molar-refractivity contribution in [3.05, 3.63) is 76.0 Å². The SMILES string of the molecule is CN/C=C(\C=N)CCC1CC=Nc2cc(C#Cc3cc(C(C)=O)ccc3C)ccc21. The second kappa shape index (κ2) is 9.84. The molecule has 0 amide bonds. The van der Waals surface area contributed by atoms with Gasteiger partial charge in [0.1, 0.15) is 0 Å². The number of nitrogens with one attached hydrogen (secondary N) is 2. The number of carbonyl (C=O) groups excluding carboxylic acids is 1. The molecule has 1 unspecified atom stereocenters. The molecule has 4 heteroatoms. The van der Waals surface area contributed by atoms with Gasteiger partial charge < -0.3 is 10.7 Å². The van der Waals surface area contributed by atoms with Crippen LogP contribution >= 0.6 is 0 Å². The lowest BCUT2D eigenvalue weighted by atomic mass is 9.87. The number of hydrogen-bond donors (Lipinski definition) is 2. The van der Waals surface area contributed by atoms with Crippen molar-refractivity contribution in [2.24, 2.45) is 4.99 Å². The Morgan fingerprint density at radius 3 is 2.83 bits per heavy atom. The van der Waals surface area contributed by atoms with Gasteiger partial charge in [0, 0.05) is 42.4 Å². The summed E-state index contributed by atoms with van der Waals surface area (Å²) in [5, 5.41) is 10.5. The zero-order chi connectivity index (χ0) is 21.5. The third-order valence-corrected chi connectivity index (χ3v) is 5.37. The van der Waals surface area contributed by atoms with E-state index in [1.54, 1.807) is 6.92 Å². The molecular formula is C26H27N3O. The van der Waals surface area contributed by atoms with E-state index in [2.05, 4.69) is 28.2 Å². The summed E-state index contributed by atoms with van der Waals surface area (Å²) in [5.41, 5.74) is 6.73. The summed E-state index contributed by atoms with van der Waals surface area (Å²) >= 11 is 0. The summed E-state index contributed by atoms with van der Waals surface area (Å²) in [6.07, 6.45) is 8.03. The number of rotatable bonds is 6. The quantitative estimate of drug-likeness (QED) is 0.394. The summed E-state index contributed by atoms with van der Waals surface area (Å²) in [6, 6.07) is 11.8. The molecule has 1 heterocycles. The summed E-state index contributed by atoms with van der Waals surface area (Å²) in [4.78, 5) is 16.2. The molecule has 152 valence electrons. The van der Waals surface area contributed by atoms with Crippen molar-refractivity contribution in [3.63, 3.8) is 0 Å². The van der Waals surface area contributed by atoms with Crippen LogP contribution in [0.15, 0.2) is 53.2 Å². The van der Waals surface area contributed by atoms with Crippen molar-refractivity contribution in [3.8, 4) is 11.8 Å². The minimum Gasteiger partial charge on any atom is -0.394 e. The van der Waals surface area contributed by atoms with Gasteiger partial charge in [0.15, 0.2) is 5.78 Å². The van der Waals surface area contributed by atoms with Crippen LogP contribution in [0.2, 0.25) is 0 Å². The van der Waals surface area contributed by atoms with Crippen LogP contribution in [0.3, 0.4) is 0 Å². The maximum atomic E-state index is 11.6. The molecule has 0 fully saturated rings. The summed E-state index contributed by atoms with van der Waals surface area (Å²) < 4.78 is 0. The summed E-state index contributed by atoms with van der Waals surface area (Å²) in [5.74, 6) is 6.88. The van der Waals surface area contributed by atoms with Crippen LogP contribution in [-0.4, -0.2) is 25.3 Å². The van der Waals surface area contributed by atoms with E-state index in [1.807, 2.05) is 56.7 Å². The van der Waals surface area contributed by atoms with E-state index in [9.17, 15) is 4.79 Å². The number of aryl methyl sites for hydroxylation is 1. The number of hydrogen-bond acceptors (Lipinski definition) is 4. The molecule has 0 aliphatic carbocycles. The second-order valence-corrected chi connectivity index (χ2v) is 7.54. The van der Waals surface area contributed by atoms with Crippen molar-refractivity contribution in [1.82, 2.24) is 5.32 Å². The van der Waals surface area contributed by atoms with Gasteiger partial charge in [-0.2, -0.15) is 0 Å². The number of allylic oxidation sites excluding steroid dienone is 1. The van der Waals surface area contributed by atoms with Crippen LogP contribution < -0.4 is 5.32 Å². The molecule has 0 aromatic heterocycles. The maximum Gasteiger partial charge on any atom is 0.159 e. The molecule has 30 heavy (non-hydrogen) atoms. The first-order chi connectivity index (χ1) is 14.5. The van der Waals surface area contributed by atoms with Crippen molar-refractivity contribution in [2.75, 3.05) is 7.05 Å². The Kier molecular flexibility index (Phi) is 6.98. The molecule has 0 bridgehead atoms. The van der Waals surface area contributed by atoms with Crippen molar-refractivity contribution in [2.45, 2.75) is 39.0 Å². The normalized spacial score (nSPS) is 15.0. The van der Waals surface area contributed by atoms with Crippen LogP contribution in [0, 0.1) is 24.2 Å². The first-order valence-corrected chi connectivity index (χ1v) is 10.2. The Morgan fingerprint density at radius 1 is 1.27 bits per heavy atom. The topological polar surface area (TPSA) is 65.3 Å². The van der Waals surface area contributed by atoms with Crippen molar-refractivity contribution >= 4 is 23.9 Å². The van der Waals surface area contributed by atoms with Gasteiger partial charge in [-0.15, -0.1) is 0 Å². The highest BCUT2D eigenvalue weighted by Gasteiger charge is 2.18. The van der Waals surface area contributed by atoms with E-state index in [1.165, 1.54) is 11.8 Å². The van der Waals surface area contributed by atoms with Crippen LogP contribution in [0.5, 0.6) is 0 Å². The van der Waals surface area contributed by atoms with E-state index < -0.39 is 0 Å². The minimum atomic E-state index is 0.0444. The monoisotopic (exact) mass is 397 g/mol. The molecule has 1 aliphatic heterocycles.